The average Bonchev–Trinajstić information content (AvgIpc) is 2.43. The van der Waals surface area contributed by atoms with E-state index >= 15 is 0 Å². The molecule has 1 saturated carbocycles. The standard InChI is InChI=1S/C12H22ClN/c1-12(2)9-14(8-11(12)13)10-6-4-3-5-7-10/h10-11H,3-9H2,1-2H3. The van der Waals surface area contributed by atoms with Gasteiger partial charge in [0.1, 0.15) is 0 Å². The summed E-state index contributed by atoms with van der Waals surface area (Å²) in [5.74, 6) is 0. The van der Waals surface area contributed by atoms with E-state index in [2.05, 4.69) is 18.7 Å². The number of likely N-dealkylation sites (tertiary alicyclic amines) is 1. The molecule has 0 aromatic rings. The van der Waals surface area contributed by atoms with E-state index in [0.717, 1.165) is 12.6 Å². The normalized spacial score (nSPS) is 34.9. The third-order valence-electron chi connectivity index (χ3n) is 3.94. The molecule has 1 heterocycles. The maximum Gasteiger partial charge on any atom is 0.0526 e. The van der Waals surface area contributed by atoms with Crippen molar-refractivity contribution in [1.29, 1.82) is 0 Å². The second-order valence-corrected chi connectivity index (χ2v) is 6.20. The lowest BCUT2D eigenvalue weighted by atomic mass is 9.91. The van der Waals surface area contributed by atoms with Gasteiger partial charge >= 0.3 is 0 Å². The smallest absolute Gasteiger partial charge is 0.0526 e. The third kappa shape index (κ3) is 2.09. The number of halogens is 1. The molecule has 0 bridgehead atoms. The molecule has 1 aliphatic heterocycles. The zero-order chi connectivity index (χ0) is 10.2. The molecule has 2 heteroatoms. The monoisotopic (exact) mass is 215 g/mol. The molecule has 82 valence electrons. The Morgan fingerprint density at radius 2 is 1.79 bits per heavy atom. The van der Waals surface area contributed by atoms with Crippen molar-refractivity contribution in [3.63, 3.8) is 0 Å². The van der Waals surface area contributed by atoms with Crippen LogP contribution >= 0.6 is 11.6 Å². The zero-order valence-corrected chi connectivity index (χ0v) is 10.2. The van der Waals surface area contributed by atoms with Crippen molar-refractivity contribution in [3.8, 4) is 0 Å². The van der Waals surface area contributed by atoms with Crippen LogP contribution in [0.25, 0.3) is 0 Å². The Kier molecular flexibility index (Phi) is 3.09. The SMILES string of the molecule is CC1(C)CN(C2CCCCC2)CC1Cl. The van der Waals surface area contributed by atoms with Gasteiger partial charge in [-0.05, 0) is 18.3 Å². The van der Waals surface area contributed by atoms with E-state index in [0.29, 0.717) is 10.8 Å². The highest BCUT2D eigenvalue weighted by Crippen LogP contribution is 2.37. The fourth-order valence-electron chi connectivity index (χ4n) is 2.86. The molecule has 1 atom stereocenters. The van der Waals surface area contributed by atoms with Crippen molar-refractivity contribution < 1.29 is 0 Å². The maximum atomic E-state index is 6.38. The quantitative estimate of drug-likeness (QED) is 0.607. The van der Waals surface area contributed by atoms with Crippen LogP contribution in [-0.4, -0.2) is 29.4 Å². The maximum absolute atomic E-state index is 6.38. The van der Waals surface area contributed by atoms with Crippen molar-refractivity contribution >= 4 is 11.6 Å². The molecule has 2 rings (SSSR count). The molecule has 2 fully saturated rings. The number of nitrogens with zero attached hydrogens (tertiary/aromatic N) is 1. The van der Waals surface area contributed by atoms with E-state index in [9.17, 15) is 0 Å². The molecule has 0 radical (unpaired) electrons. The first-order chi connectivity index (χ1) is 6.59. The largest absolute Gasteiger partial charge is 0.298 e. The van der Waals surface area contributed by atoms with Gasteiger partial charge in [-0.2, -0.15) is 0 Å². The fourth-order valence-corrected chi connectivity index (χ4v) is 3.11. The Morgan fingerprint density at radius 1 is 1.14 bits per heavy atom. The van der Waals surface area contributed by atoms with Crippen LogP contribution in [0.2, 0.25) is 0 Å². The fraction of sp³-hybridized carbons (Fsp3) is 1.00. The highest BCUT2D eigenvalue weighted by molar-refractivity contribution is 6.21. The molecule has 14 heavy (non-hydrogen) atoms. The number of rotatable bonds is 1. The van der Waals surface area contributed by atoms with Gasteiger partial charge in [0.15, 0.2) is 0 Å². The van der Waals surface area contributed by atoms with E-state index in [1.807, 2.05) is 0 Å². The third-order valence-corrected chi connectivity index (χ3v) is 4.67. The Labute approximate surface area is 92.8 Å². The second-order valence-electron chi connectivity index (χ2n) is 5.68. The molecule has 0 aromatic carbocycles. The lowest BCUT2D eigenvalue weighted by Crippen LogP contribution is -2.35. The second kappa shape index (κ2) is 4.02. The van der Waals surface area contributed by atoms with Crippen molar-refractivity contribution in [3.05, 3.63) is 0 Å². The molecule has 0 N–H and O–H groups in total. The molecule has 1 aliphatic carbocycles. The predicted octanol–water partition coefficient (Wildman–Crippen LogP) is 3.27. The summed E-state index contributed by atoms with van der Waals surface area (Å²) in [6, 6.07) is 0.840. The van der Waals surface area contributed by atoms with Gasteiger partial charge in [-0.3, -0.25) is 4.90 Å². The molecule has 0 spiro atoms. The summed E-state index contributed by atoms with van der Waals surface area (Å²) in [5, 5.41) is 0.351. The molecule has 0 amide bonds. The van der Waals surface area contributed by atoms with Crippen LogP contribution in [0.4, 0.5) is 0 Å². The topological polar surface area (TPSA) is 3.24 Å². The van der Waals surface area contributed by atoms with Gasteiger partial charge < -0.3 is 0 Å². The summed E-state index contributed by atoms with van der Waals surface area (Å²) in [6.07, 6.45) is 7.10. The van der Waals surface area contributed by atoms with Crippen LogP contribution in [-0.2, 0) is 0 Å². The van der Waals surface area contributed by atoms with Gasteiger partial charge in [0, 0.05) is 19.1 Å². The Balaban J connectivity index is 1.93. The van der Waals surface area contributed by atoms with E-state index in [-0.39, 0.29) is 0 Å². The van der Waals surface area contributed by atoms with Crippen LogP contribution in [0.5, 0.6) is 0 Å². The van der Waals surface area contributed by atoms with E-state index in [1.54, 1.807) is 0 Å². The summed E-state index contributed by atoms with van der Waals surface area (Å²) < 4.78 is 0. The van der Waals surface area contributed by atoms with Crippen LogP contribution < -0.4 is 0 Å². The van der Waals surface area contributed by atoms with Crippen LogP contribution in [0.1, 0.15) is 46.0 Å². The molecular weight excluding hydrogens is 194 g/mol. The predicted molar refractivity (Wildman–Crippen MR) is 61.9 cm³/mol. The van der Waals surface area contributed by atoms with E-state index < -0.39 is 0 Å². The highest BCUT2D eigenvalue weighted by Gasteiger charge is 2.40. The van der Waals surface area contributed by atoms with Gasteiger partial charge in [-0.25, -0.2) is 0 Å². The summed E-state index contributed by atoms with van der Waals surface area (Å²) in [5.41, 5.74) is 0.318. The van der Waals surface area contributed by atoms with Crippen LogP contribution in [0.3, 0.4) is 0 Å². The van der Waals surface area contributed by atoms with Crippen molar-refractivity contribution in [2.24, 2.45) is 5.41 Å². The number of hydrogen-bond donors (Lipinski definition) is 0. The lowest BCUT2D eigenvalue weighted by molar-refractivity contribution is 0.174. The average molecular weight is 216 g/mol. The first-order valence-corrected chi connectivity index (χ1v) is 6.41. The molecule has 1 unspecified atom stereocenters. The summed E-state index contributed by atoms with van der Waals surface area (Å²) >= 11 is 6.38. The molecule has 2 aliphatic rings. The summed E-state index contributed by atoms with van der Waals surface area (Å²) in [4.78, 5) is 2.64. The van der Waals surface area contributed by atoms with Crippen molar-refractivity contribution in [1.82, 2.24) is 4.90 Å². The van der Waals surface area contributed by atoms with Gasteiger partial charge in [0.05, 0.1) is 5.38 Å². The van der Waals surface area contributed by atoms with E-state index in [4.69, 9.17) is 11.6 Å². The van der Waals surface area contributed by atoms with Gasteiger partial charge in [0.2, 0.25) is 0 Å². The Morgan fingerprint density at radius 3 is 2.29 bits per heavy atom. The highest BCUT2D eigenvalue weighted by atomic mass is 35.5. The van der Waals surface area contributed by atoms with Gasteiger partial charge in [-0.1, -0.05) is 33.1 Å². The Bertz CT molecular complexity index is 196. The van der Waals surface area contributed by atoms with Crippen molar-refractivity contribution in [2.75, 3.05) is 13.1 Å². The van der Waals surface area contributed by atoms with Crippen LogP contribution in [0.15, 0.2) is 0 Å². The van der Waals surface area contributed by atoms with Crippen LogP contribution in [0, 0.1) is 5.41 Å². The molecule has 0 aromatic heterocycles. The Hall–Kier alpha value is 0.250. The molecule has 1 nitrogen and oxygen atoms in total. The van der Waals surface area contributed by atoms with Gasteiger partial charge in [-0.15, -0.1) is 11.6 Å². The first kappa shape index (κ1) is 10.8. The summed E-state index contributed by atoms with van der Waals surface area (Å²) in [7, 11) is 0. The molecule has 1 saturated heterocycles. The minimum absolute atomic E-state index is 0.318. The van der Waals surface area contributed by atoms with Gasteiger partial charge in [0.25, 0.3) is 0 Å². The van der Waals surface area contributed by atoms with Crippen molar-refractivity contribution in [2.45, 2.75) is 57.4 Å². The first-order valence-electron chi connectivity index (χ1n) is 5.98. The minimum Gasteiger partial charge on any atom is -0.298 e. The summed E-state index contributed by atoms with van der Waals surface area (Å²) in [6.45, 7) is 6.91. The van der Waals surface area contributed by atoms with E-state index in [1.165, 1.54) is 38.6 Å². The number of hydrogen-bond acceptors (Lipinski definition) is 1. The molecular formula is C12H22ClN. The zero-order valence-electron chi connectivity index (χ0n) is 9.43. The minimum atomic E-state index is 0.318. The number of alkyl halides is 1. The lowest BCUT2D eigenvalue weighted by Gasteiger charge is -2.31.